The molecule has 2 aromatic rings. The van der Waals surface area contributed by atoms with Gasteiger partial charge in [0, 0.05) is 12.7 Å². The van der Waals surface area contributed by atoms with Gasteiger partial charge in [-0.25, -0.2) is 4.98 Å². The second-order valence-electron chi connectivity index (χ2n) is 3.60. The van der Waals surface area contributed by atoms with Crippen molar-refractivity contribution < 1.29 is 0 Å². The maximum absolute atomic E-state index is 8.68. The molecule has 2 rings (SSSR count). The fourth-order valence-corrected chi connectivity index (χ4v) is 1.45. The van der Waals surface area contributed by atoms with Gasteiger partial charge in [0.25, 0.3) is 0 Å². The van der Waals surface area contributed by atoms with Gasteiger partial charge in [0.1, 0.15) is 5.82 Å². The van der Waals surface area contributed by atoms with Crippen LogP contribution in [0.1, 0.15) is 11.1 Å². The van der Waals surface area contributed by atoms with Gasteiger partial charge in [-0.05, 0) is 29.8 Å². The van der Waals surface area contributed by atoms with Gasteiger partial charge in [0.2, 0.25) is 0 Å². The third-order valence-electron chi connectivity index (χ3n) is 2.38. The van der Waals surface area contributed by atoms with E-state index < -0.39 is 0 Å². The Balaban J connectivity index is 2.03. The number of nitriles is 1. The molecule has 0 unspecified atom stereocenters. The number of benzene rings is 1. The lowest BCUT2D eigenvalue weighted by molar-refractivity contribution is 1.11. The van der Waals surface area contributed by atoms with E-state index in [4.69, 9.17) is 11.0 Å². The summed E-state index contributed by atoms with van der Waals surface area (Å²) in [6.07, 6.45) is 1.69. The Morgan fingerprint density at radius 1 is 1.24 bits per heavy atom. The summed E-state index contributed by atoms with van der Waals surface area (Å²) < 4.78 is 0. The number of hydrogen-bond donors (Lipinski definition) is 2. The van der Waals surface area contributed by atoms with E-state index in [1.807, 2.05) is 12.1 Å². The van der Waals surface area contributed by atoms with Crippen LogP contribution in [-0.2, 0) is 6.54 Å². The molecule has 4 nitrogen and oxygen atoms in total. The monoisotopic (exact) mass is 224 g/mol. The summed E-state index contributed by atoms with van der Waals surface area (Å²) >= 11 is 0. The van der Waals surface area contributed by atoms with Gasteiger partial charge in [-0.15, -0.1) is 0 Å². The van der Waals surface area contributed by atoms with Gasteiger partial charge in [-0.1, -0.05) is 12.1 Å². The second kappa shape index (κ2) is 4.99. The highest BCUT2D eigenvalue weighted by Crippen LogP contribution is 2.14. The molecule has 0 radical (unpaired) electrons. The molecule has 17 heavy (non-hydrogen) atoms. The van der Waals surface area contributed by atoms with Crippen molar-refractivity contribution in [2.24, 2.45) is 0 Å². The molecule has 4 heteroatoms. The molecule has 0 bridgehead atoms. The van der Waals surface area contributed by atoms with Gasteiger partial charge in [0.05, 0.1) is 17.3 Å². The second-order valence-corrected chi connectivity index (χ2v) is 3.60. The number of pyridine rings is 1. The minimum absolute atomic E-state index is 0.626. The van der Waals surface area contributed by atoms with Crippen LogP contribution in [0.5, 0.6) is 0 Å². The fourth-order valence-electron chi connectivity index (χ4n) is 1.45. The predicted molar refractivity (Wildman–Crippen MR) is 67.1 cm³/mol. The van der Waals surface area contributed by atoms with Crippen molar-refractivity contribution in [1.29, 1.82) is 5.26 Å². The van der Waals surface area contributed by atoms with Crippen molar-refractivity contribution in [2.45, 2.75) is 6.54 Å². The van der Waals surface area contributed by atoms with E-state index in [1.165, 1.54) is 0 Å². The minimum atomic E-state index is 0.626. The Kier molecular flexibility index (Phi) is 3.22. The first-order chi connectivity index (χ1) is 8.29. The summed E-state index contributed by atoms with van der Waals surface area (Å²) in [4.78, 5) is 4.14. The first-order valence-electron chi connectivity index (χ1n) is 5.23. The third-order valence-corrected chi connectivity index (χ3v) is 2.38. The van der Waals surface area contributed by atoms with Crippen LogP contribution < -0.4 is 11.1 Å². The quantitative estimate of drug-likeness (QED) is 0.837. The Bertz CT molecular complexity index is 540. The lowest BCUT2D eigenvalue weighted by Gasteiger charge is -2.07. The van der Waals surface area contributed by atoms with E-state index in [9.17, 15) is 0 Å². The van der Waals surface area contributed by atoms with Gasteiger partial charge in [-0.2, -0.15) is 5.26 Å². The molecule has 0 aliphatic heterocycles. The Labute approximate surface area is 99.7 Å². The van der Waals surface area contributed by atoms with Crippen molar-refractivity contribution in [1.82, 2.24) is 4.98 Å². The van der Waals surface area contributed by atoms with Crippen LogP contribution in [0, 0.1) is 11.3 Å². The first kappa shape index (κ1) is 11.0. The molecule has 0 saturated heterocycles. The predicted octanol–water partition coefficient (Wildman–Crippen LogP) is 2.15. The van der Waals surface area contributed by atoms with Crippen LogP contribution in [0.2, 0.25) is 0 Å². The summed E-state index contributed by atoms with van der Waals surface area (Å²) in [5.41, 5.74) is 8.12. The van der Waals surface area contributed by atoms with E-state index in [0.29, 0.717) is 23.6 Å². The summed E-state index contributed by atoms with van der Waals surface area (Å²) in [7, 11) is 0. The Morgan fingerprint density at radius 3 is 2.65 bits per heavy atom. The average molecular weight is 224 g/mol. The lowest BCUT2D eigenvalue weighted by atomic mass is 10.1. The number of nitrogens with one attached hydrogen (secondary N) is 1. The fraction of sp³-hybridized carbons (Fsp3) is 0.0769. The molecule has 1 aromatic carbocycles. The van der Waals surface area contributed by atoms with Gasteiger partial charge < -0.3 is 11.1 Å². The zero-order valence-electron chi connectivity index (χ0n) is 9.22. The molecule has 0 spiro atoms. The summed E-state index contributed by atoms with van der Waals surface area (Å²) in [6, 6.07) is 13.1. The number of hydrogen-bond acceptors (Lipinski definition) is 4. The van der Waals surface area contributed by atoms with Crippen molar-refractivity contribution in [2.75, 3.05) is 11.1 Å². The molecular weight excluding hydrogens is 212 g/mol. The maximum Gasteiger partial charge on any atom is 0.149 e. The van der Waals surface area contributed by atoms with Crippen LogP contribution in [0.15, 0.2) is 42.6 Å². The molecule has 0 aliphatic rings. The van der Waals surface area contributed by atoms with E-state index in [1.54, 1.807) is 30.5 Å². The Morgan fingerprint density at radius 2 is 2.00 bits per heavy atom. The van der Waals surface area contributed by atoms with E-state index in [-0.39, 0.29) is 0 Å². The lowest BCUT2D eigenvalue weighted by Crippen LogP contribution is -2.04. The number of aromatic nitrogens is 1. The number of rotatable bonds is 3. The zero-order chi connectivity index (χ0) is 12.1. The van der Waals surface area contributed by atoms with Crippen LogP contribution in [0.4, 0.5) is 11.5 Å². The average Bonchev–Trinajstić information content (AvgIpc) is 2.38. The highest BCUT2D eigenvalue weighted by atomic mass is 15.0. The summed E-state index contributed by atoms with van der Waals surface area (Å²) in [5.74, 6) is 0.678. The van der Waals surface area contributed by atoms with Crippen LogP contribution in [0.25, 0.3) is 0 Å². The molecule has 84 valence electrons. The molecular formula is C13H12N4. The van der Waals surface area contributed by atoms with Crippen molar-refractivity contribution in [3.05, 3.63) is 53.7 Å². The number of nitrogen functional groups attached to an aromatic ring is 1. The highest BCUT2D eigenvalue weighted by Gasteiger charge is 1.99. The van der Waals surface area contributed by atoms with Crippen molar-refractivity contribution in [3.8, 4) is 6.07 Å². The topological polar surface area (TPSA) is 74.7 Å². The molecule has 3 N–H and O–H groups in total. The number of nitrogens with two attached hydrogens (primary N) is 1. The van der Waals surface area contributed by atoms with Crippen LogP contribution in [-0.4, -0.2) is 4.98 Å². The Hall–Kier alpha value is -2.54. The zero-order valence-corrected chi connectivity index (χ0v) is 9.22. The maximum atomic E-state index is 8.68. The molecule has 1 heterocycles. The molecule has 0 saturated carbocycles. The molecule has 0 fully saturated rings. The minimum Gasteiger partial charge on any atom is -0.396 e. The van der Waals surface area contributed by atoms with E-state index in [2.05, 4.69) is 16.4 Å². The number of anilines is 2. The van der Waals surface area contributed by atoms with Crippen molar-refractivity contribution >= 4 is 11.5 Å². The molecule has 1 aromatic heterocycles. The van der Waals surface area contributed by atoms with E-state index in [0.717, 1.165) is 5.56 Å². The number of nitrogens with zero attached hydrogens (tertiary/aromatic N) is 2. The molecule has 0 atom stereocenters. The SMILES string of the molecule is N#Cc1ccc(CNc2ncccc2N)cc1. The van der Waals surface area contributed by atoms with Crippen molar-refractivity contribution in [3.63, 3.8) is 0 Å². The van der Waals surface area contributed by atoms with E-state index >= 15 is 0 Å². The highest BCUT2D eigenvalue weighted by molar-refractivity contribution is 5.60. The van der Waals surface area contributed by atoms with Crippen LogP contribution >= 0.6 is 0 Å². The van der Waals surface area contributed by atoms with Gasteiger partial charge in [0.15, 0.2) is 0 Å². The van der Waals surface area contributed by atoms with Gasteiger partial charge >= 0.3 is 0 Å². The van der Waals surface area contributed by atoms with Gasteiger partial charge in [-0.3, -0.25) is 0 Å². The standard InChI is InChI=1S/C13H12N4/c14-8-10-3-5-11(6-4-10)9-17-13-12(15)2-1-7-16-13/h1-7H,9,15H2,(H,16,17). The third kappa shape index (κ3) is 2.73. The smallest absolute Gasteiger partial charge is 0.149 e. The van der Waals surface area contributed by atoms with Crippen LogP contribution in [0.3, 0.4) is 0 Å². The normalized spacial score (nSPS) is 9.59. The largest absolute Gasteiger partial charge is 0.396 e. The molecule has 0 amide bonds. The molecule has 0 aliphatic carbocycles. The first-order valence-corrected chi connectivity index (χ1v) is 5.23. The summed E-state index contributed by atoms with van der Waals surface area (Å²) in [5, 5.41) is 11.8. The summed E-state index contributed by atoms with van der Waals surface area (Å²) in [6.45, 7) is 0.632.